The largest absolute Gasteiger partial charge is 0.513 e. The number of aliphatic hydroxyl groups is 1. The van der Waals surface area contributed by atoms with Crippen molar-refractivity contribution in [2.24, 2.45) is 23.2 Å². The fourth-order valence-corrected chi connectivity index (χ4v) is 5.54. The van der Waals surface area contributed by atoms with Gasteiger partial charge in [0.15, 0.2) is 0 Å². The van der Waals surface area contributed by atoms with Gasteiger partial charge in [0.1, 0.15) is 5.60 Å². The van der Waals surface area contributed by atoms with Gasteiger partial charge in [-0.25, -0.2) is 0 Å². The van der Waals surface area contributed by atoms with Crippen LogP contribution in [0.25, 0.3) is 0 Å². The third kappa shape index (κ3) is 7.01. The molecule has 33 heavy (non-hydrogen) atoms. The van der Waals surface area contributed by atoms with Crippen LogP contribution in [-0.2, 0) is 4.74 Å². The molecular weight excluding hydrogens is 404 g/mol. The van der Waals surface area contributed by atoms with Crippen LogP contribution in [0.3, 0.4) is 0 Å². The van der Waals surface area contributed by atoms with Crippen LogP contribution in [0.2, 0.25) is 0 Å². The smallest absolute Gasteiger partial charge is 0.105 e. The summed E-state index contributed by atoms with van der Waals surface area (Å²) in [7, 11) is 0. The molecule has 0 aliphatic heterocycles. The zero-order valence-electron chi connectivity index (χ0n) is 22.7. The van der Waals surface area contributed by atoms with E-state index in [9.17, 15) is 5.11 Å². The van der Waals surface area contributed by atoms with Crippen molar-refractivity contribution in [2.45, 2.75) is 99.5 Å². The summed E-state index contributed by atoms with van der Waals surface area (Å²) in [4.78, 5) is 0. The molecule has 2 nitrogen and oxygen atoms in total. The monoisotopic (exact) mass is 454 g/mol. The highest BCUT2D eigenvalue weighted by atomic mass is 16.5. The Morgan fingerprint density at radius 2 is 1.55 bits per heavy atom. The first kappa shape index (κ1) is 29.1. The minimum atomic E-state index is -0.218. The molecule has 0 heterocycles. The van der Waals surface area contributed by atoms with Crippen molar-refractivity contribution in [3.63, 3.8) is 0 Å². The number of ether oxygens (including phenoxy) is 1. The molecule has 1 N–H and O–H groups in total. The molecule has 1 aliphatic carbocycles. The van der Waals surface area contributed by atoms with Gasteiger partial charge in [-0.15, -0.1) is 0 Å². The summed E-state index contributed by atoms with van der Waals surface area (Å²) in [6.07, 6.45) is 18.8. The Morgan fingerprint density at radius 1 is 1.00 bits per heavy atom. The Bertz CT molecular complexity index is 771. The lowest BCUT2D eigenvalue weighted by Crippen LogP contribution is -2.39. The molecule has 0 saturated heterocycles. The molecule has 4 unspecified atom stereocenters. The number of aliphatic hydroxyl groups excluding tert-OH is 1. The molecule has 0 spiro atoms. The standard InChI is InChI=1S/C31H50O2/c1-11-24(7)31(29-19-16-23(6)22-29,27(12-2)20-17-25(8)32)28(13-3)21-18-26(9)33-30(10,14-4)15-5/h12-13,17-18,20-21,23-24,29,32H,2-3,11,14-16,19,22H2,1,4-10H3/b25-17+,26-18+,27-20+,28-21+. The van der Waals surface area contributed by atoms with E-state index in [-0.39, 0.29) is 11.0 Å². The van der Waals surface area contributed by atoms with Crippen molar-refractivity contribution in [3.05, 3.63) is 72.3 Å². The van der Waals surface area contributed by atoms with Gasteiger partial charge in [0, 0.05) is 5.41 Å². The second kappa shape index (κ2) is 13.1. The van der Waals surface area contributed by atoms with Crippen molar-refractivity contribution < 1.29 is 9.84 Å². The van der Waals surface area contributed by atoms with Crippen LogP contribution in [0.5, 0.6) is 0 Å². The number of hydrogen-bond donors (Lipinski definition) is 1. The summed E-state index contributed by atoms with van der Waals surface area (Å²) in [5, 5.41) is 9.91. The molecule has 1 saturated carbocycles. The van der Waals surface area contributed by atoms with E-state index in [1.165, 1.54) is 24.8 Å². The fraction of sp³-hybridized carbons (Fsp3) is 0.613. The summed E-state index contributed by atoms with van der Waals surface area (Å²) in [6, 6.07) is 0. The van der Waals surface area contributed by atoms with E-state index in [1.807, 2.05) is 19.1 Å². The fourth-order valence-electron chi connectivity index (χ4n) is 5.54. The van der Waals surface area contributed by atoms with E-state index in [0.717, 1.165) is 30.6 Å². The van der Waals surface area contributed by atoms with E-state index in [2.05, 4.69) is 72.9 Å². The van der Waals surface area contributed by atoms with E-state index >= 15 is 0 Å². The first-order chi connectivity index (χ1) is 15.5. The van der Waals surface area contributed by atoms with Crippen LogP contribution in [0.15, 0.2) is 72.3 Å². The Balaban J connectivity index is 3.76. The molecule has 1 fully saturated rings. The van der Waals surface area contributed by atoms with Crippen LogP contribution in [-0.4, -0.2) is 10.7 Å². The maximum Gasteiger partial charge on any atom is 0.105 e. The van der Waals surface area contributed by atoms with Crippen LogP contribution < -0.4 is 0 Å². The number of hydrogen-bond acceptors (Lipinski definition) is 2. The molecule has 0 amide bonds. The van der Waals surface area contributed by atoms with Crippen LogP contribution in [0, 0.1) is 23.2 Å². The normalized spacial score (nSPS) is 23.8. The summed E-state index contributed by atoms with van der Waals surface area (Å²) in [5.41, 5.74) is 2.01. The second-order valence-electron chi connectivity index (χ2n) is 10.3. The maximum absolute atomic E-state index is 9.91. The predicted molar refractivity (Wildman–Crippen MR) is 145 cm³/mol. The van der Waals surface area contributed by atoms with Gasteiger partial charge in [-0.1, -0.05) is 84.9 Å². The van der Waals surface area contributed by atoms with Crippen molar-refractivity contribution in [1.29, 1.82) is 0 Å². The second-order valence-corrected chi connectivity index (χ2v) is 10.3. The molecule has 0 bridgehead atoms. The van der Waals surface area contributed by atoms with E-state index < -0.39 is 0 Å². The molecule has 0 aromatic carbocycles. The highest BCUT2D eigenvalue weighted by Gasteiger charge is 2.48. The summed E-state index contributed by atoms with van der Waals surface area (Å²) >= 11 is 0. The first-order valence-corrected chi connectivity index (χ1v) is 12.9. The van der Waals surface area contributed by atoms with Gasteiger partial charge in [-0.05, 0) is 87.5 Å². The Labute approximate surface area is 204 Å². The SMILES string of the molecule is C=C/C(=C\C=C(/C)O)C(/C(C=C)=C/C=C(\C)OC(C)(CC)CC)(C(C)CC)C1CCC(C)C1. The van der Waals surface area contributed by atoms with E-state index in [4.69, 9.17) is 4.74 Å². The molecule has 1 aliphatic rings. The predicted octanol–water partition coefficient (Wildman–Crippen LogP) is 9.64. The van der Waals surface area contributed by atoms with Crippen LogP contribution >= 0.6 is 0 Å². The number of allylic oxidation sites excluding steroid dienone is 10. The molecule has 0 aromatic rings. The Kier molecular flexibility index (Phi) is 11.5. The van der Waals surface area contributed by atoms with Gasteiger partial charge in [-0.3, -0.25) is 0 Å². The first-order valence-electron chi connectivity index (χ1n) is 12.9. The molecule has 2 heteroatoms. The maximum atomic E-state index is 9.91. The third-order valence-electron chi connectivity index (χ3n) is 8.03. The average Bonchev–Trinajstić information content (AvgIpc) is 3.23. The zero-order valence-corrected chi connectivity index (χ0v) is 22.7. The molecule has 186 valence electrons. The zero-order chi connectivity index (χ0) is 25.2. The topological polar surface area (TPSA) is 29.5 Å². The lowest BCUT2D eigenvalue weighted by Gasteiger charge is -2.47. The summed E-state index contributed by atoms with van der Waals surface area (Å²) in [6.45, 7) is 25.8. The van der Waals surface area contributed by atoms with Gasteiger partial charge in [0.2, 0.25) is 0 Å². The quantitative estimate of drug-likeness (QED) is 0.222. The van der Waals surface area contributed by atoms with E-state index in [0.29, 0.717) is 23.5 Å². The average molecular weight is 455 g/mol. The minimum Gasteiger partial charge on any atom is -0.513 e. The summed E-state index contributed by atoms with van der Waals surface area (Å²) in [5.74, 6) is 2.82. The Morgan fingerprint density at radius 3 is 1.94 bits per heavy atom. The Hall–Kier alpha value is -1.96. The highest BCUT2D eigenvalue weighted by Crippen LogP contribution is 2.57. The van der Waals surface area contributed by atoms with Gasteiger partial charge in [-0.2, -0.15) is 0 Å². The summed E-state index contributed by atoms with van der Waals surface area (Å²) < 4.78 is 6.34. The molecular formula is C31H50O2. The van der Waals surface area contributed by atoms with E-state index in [1.54, 1.807) is 13.0 Å². The van der Waals surface area contributed by atoms with Crippen molar-refractivity contribution >= 4 is 0 Å². The third-order valence-corrected chi connectivity index (χ3v) is 8.03. The van der Waals surface area contributed by atoms with Gasteiger partial charge in [0.05, 0.1) is 11.5 Å². The van der Waals surface area contributed by atoms with Crippen LogP contribution in [0.1, 0.15) is 93.9 Å². The van der Waals surface area contributed by atoms with Gasteiger partial charge >= 0.3 is 0 Å². The number of rotatable bonds is 13. The minimum absolute atomic E-state index is 0.146. The van der Waals surface area contributed by atoms with Crippen molar-refractivity contribution in [1.82, 2.24) is 0 Å². The highest BCUT2D eigenvalue weighted by molar-refractivity contribution is 5.46. The lowest BCUT2D eigenvalue weighted by atomic mass is 9.56. The van der Waals surface area contributed by atoms with Gasteiger partial charge < -0.3 is 9.84 Å². The molecule has 0 aromatic heterocycles. The lowest BCUT2D eigenvalue weighted by molar-refractivity contribution is 0.0124. The van der Waals surface area contributed by atoms with Gasteiger partial charge in [0.25, 0.3) is 0 Å². The van der Waals surface area contributed by atoms with Crippen molar-refractivity contribution in [2.75, 3.05) is 0 Å². The molecule has 0 radical (unpaired) electrons. The molecule has 4 atom stereocenters. The molecule has 1 rings (SSSR count). The van der Waals surface area contributed by atoms with Crippen LogP contribution in [0.4, 0.5) is 0 Å². The van der Waals surface area contributed by atoms with Crippen molar-refractivity contribution in [3.8, 4) is 0 Å².